The second-order valence-electron chi connectivity index (χ2n) is 3.13. The second kappa shape index (κ2) is 4.59. The molecule has 0 atom stereocenters. The van der Waals surface area contributed by atoms with Gasteiger partial charge in [0.15, 0.2) is 0 Å². The van der Waals surface area contributed by atoms with E-state index in [4.69, 9.17) is 9.88 Å². The predicted octanol–water partition coefficient (Wildman–Crippen LogP) is 0.801. The van der Waals surface area contributed by atoms with Gasteiger partial charge in [-0.15, -0.1) is 0 Å². The van der Waals surface area contributed by atoms with Crippen LogP contribution in [0.3, 0.4) is 0 Å². The van der Waals surface area contributed by atoms with E-state index in [2.05, 4.69) is 0 Å². The summed E-state index contributed by atoms with van der Waals surface area (Å²) in [4.78, 5) is 0. The Balaban J connectivity index is 2.55. The molecule has 0 aliphatic rings. The fraction of sp³-hybridized carbons (Fsp3) is 0.333. The van der Waals surface area contributed by atoms with Gasteiger partial charge in [-0.25, -0.2) is 17.9 Å². The van der Waals surface area contributed by atoms with Crippen LogP contribution in [0, 0.1) is 12.7 Å². The molecule has 0 aromatic heterocycles. The summed E-state index contributed by atoms with van der Waals surface area (Å²) in [5.41, 5.74) is 0.508. The lowest BCUT2D eigenvalue weighted by Crippen LogP contribution is -2.21. The first-order chi connectivity index (χ1) is 6.88. The molecule has 1 aromatic carbocycles. The molecule has 0 aliphatic heterocycles. The lowest BCUT2D eigenvalue weighted by Gasteiger charge is -2.05. The molecule has 4 nitrogen and oxygen atoms in total. The van der Waals surface area contributed by atoms with Crippen LogP contribution in [-0.2, 0) is 10.0 Å². The minimum atomic E-state index is -3.53. The van der Waals surface area contributed by atoms with E-state index in [-0.39, 0.29) is 18.2 Å². The van der Waals surface area contributed by atoms with Crippen LogP contribution in [0.4, 0.5) is 4.39 Å². The van der Waals surface area contributed by atoms with Crippen LogP contribution in [0.5, 0.6) is 5.75 Å². The summed E-state index contributed by atoms with van der Waals surface area (Å²) in [7, 11) is -3.53. The van der Waals surface area contributed by atoms with Crippen molar-refractivity contribution in [1.29, 1.82) is 0 Å². The van der Waals surface area contributed by atoms with Crippen molar-refractivity contribution in [2.45, 2.75) is 6.92 Å². The van der Waals surface area contributed by atoms with E-state index < -0.39 is 10.0 Å². The van der Waals surface area contributed by atoms with Gasteiger partial charge in [0.1, 0.15) is 18.2 Å². The summed E-state index contributed by atoms with van der Waals surface area (Å²) in [6.07, 6.45) is 0. The first-order valence-electron chi connectivity index (χ1n) is 4.28. The average Bonchev–Trinajstić information content (AvgIpc) is 2.09. The number of hydrogen-bond donors (Lipinski definition) is 1. The van der Waals surface area contributed by atoms with Crippen molar-refractivity contribution in [1.82, 2.24) is 0 Å². The van der Waals surface area contributed by atoms with Gasteiger partial charge in [-0.3, -0.25) is 0 Å². The van der Waals surface area contributed by atoms with E-state index in [1.807, 2.05) is 0 Å². The lowest BCUT2D eigenvalue weighted by atomic mass is 10.2. The van der Waals surface area contributed by atoms with E-state index in [0.29, 0.717) is 11.3 Å². The molecule has 0 unspecified atom stereocenters. The molecule has 0 bridgehead atoms. The highest BCUT2D eigenvalue weighted by molar-refractivity contribution is 7.89. The molecule has 84 valence electrons. The number of primary sulfonamides is 1. The van der Waals surface area contributed by atoms with Crippen molar-refractivity contribution >= 4 is 10.0 Å². The molecule has 1 aromatic rings. The van der Waals surface area contributed by atoms with E-state index in [0.717, 1.165) is 0 Å². The zero-order valence-electron chi connectivity index (χ0n) is 8.23. The normalized spacial score (nSPS) is 11.4. The topological polar surface area (TPSA) is 69.4 Å². The molecule has 0 fully saturated rings. The largest absolute Gasteiger partial charge is 0.492 e. The highest BCUT2D eigenvalue weighted by Gasteiger charge is 2.04. The van der Waals surface area contributed by atoms with E-state index in [9.17, 15) is 12.8 Å². The third-order valence-electron chi connectivity index (χ3n) is 1.78. The molecule has 0 heterocycles. The first kappa shape index (κ1) is 11.9. The summed E-state index contributed by atoms with van der Waals surface area (Å²) < 4.78 is 39.2. The zero-order chi connectivity index (χ0) is 11.5. The monoisotopic (exact) mass is 233 g/mol. The Bertz CT molecular complexity index is 445. The molecule has 6 heteroatoms. The summed E-state index contributed by atoms with van der Waals surface area (Å²) >= 11 is 0. The van der Waals surface area contributed by atoms with Crippen molar-refractivity contribution in [2.75, 3.05) is 12.4 Å². The Kier molecular flexibility index (Phi) is 3.65. The van der Waals surface area contributed by atoms with Gasteiger partial charge in [0.2, 0.25) is 10.0 Å². The second-order valence-corrected chi connectivity index (χ2v) is 4.86. The number of rotatable bonds is 4. The SMILES string of the molecule is Cc1ccc(OCCS(N)(=O)=O)cc1F. The number of aryl methyl sites for hydroxylation is 1. The van der Waals surface area contributed by atoms with E-state index in [1.54, 1.807) is 19.1 Å². The van der Waals surface area contributed by atoms with Crippen LogP contribution in [0.25, 0.3) is 0 Å². The zero-order valence-corrected chi connectivity index (χ0v) is 9.05. The van der Waals surface area contributed by atoms with Crippen LogP contribution < -0.4 is 9.88 Å². The maximum Gasteiger partial charge on any atom is 0.212 e. The molecule has 0 saturated carbocycles. The highest BCUT2D eigenvalue weighted by Crippen LogP contribution is 2.15. The van der Waals surface area contributed by atoms with Crippen LogP contribution >= 0.6 is 0 Å². The van der Waals surface area contributed by atoms with E-state index in [1.165, 1.54) is 6.07 Å². The van der Waals surface area contributed by atoms with Gasteiger partial charge in [0, 0.05) is 6.07 Å². The number of halogens is 1. The van der Waals surface area contributed by atoms with Crippen molar-refractivity contribution in [3.8, 4) is 5.75 Å². The van der Waals surface area contributed by atoms with Gasteiger partial charge in [0.05, 0.1) is 5.75 Å². The molecule has 15 heavy (non-hydrogen) atoms. The van der Waals surface area contributed by atoms with Crippen molar-refractivity contribution in [3.63, 3.8) is 0 Å². The van der Waals surface area contributed by atoms with Crippen molar-refractivity contribution in [2.24, 2.45) is 5.14 Å². The number of benzene rings is 1. The summed E-state index contributed by atoms with van der Waals surface area (Å²) in [6, 6.07) is 4.33. The fourth-order valence-electron chi connectivity index (χ4n) is 0.939. The Hall–Kier alpha value is -1.14. The number of nitrogens with two attached hydrogens (primary N) is 1. The van der Waals surface area contributed by atoms with Gasteiger partial charge >= 0.3 is 0 Å². The van der Waals surface area contributed by atoms with Crippen molar-refractivity contribution < 1.29 is 17.5 Å². The fourth-order valence-corrected chi connectivity index (χ4v) is 1.25. The lowest BCUT2D eigenvalue weighted by molar-refractivity contribution is 0.339. The first-order valence-corrected chi connectivity index (χ1v) is 5.99. The molecule has 0 spiro atoms. The Labute approximate surface area is 87.9 Å². The standard InChI is InChI=1S/C9H12FNO3S/c1-7-2-3-8(6-9(7)10)14-4-5-15(11,12)13/h2-3,6H,4-5H2,1H3,(H2,11,12,13). The summed E-state index contributed by atoms with van der Waals surface area (Å²) in [6.45, 7) is 1.55. The maximum absolute atomic E-state index is 13.0. The molecule has 0 aliphatic carbocycles. The van der Waals surface area contributed by atoms with Crippen LogP contribution in [-0.4, -0.2) is 20.8 Å². The molecule has 1 rings (SSSR count). The Morgan fingerprint density at radius 1 is 1.47 bits per heavy atom. The van der Waals surface area contributed by atoms with E-state index >= 15 is 0 Å². The molecular formula is C9H12FNO3S. The number of hydrogen-bond acceptors (Lipinski definition) is 3. The van der Waals surface area contributed by atoms with Crippen molar-refractivity contribution in [3.05, 3.63) is 29.6 Å². The maximum atomic E-state index is 13.0. The van der Waals surface area contributed by atoms with Crippen LogP contribution in [0.15, 0.2) is 18.2 Å². The number of ether oxygens (including phenoxy) is 1. The minimum Gasteiger partial charge on any atom is -0.492 e. The van der Waals surface area contributed by atoms with Gasteiger partial charge in [-0.1, -0.05) is 6.07 Å². The van der Waals surface area contributed by atoms with Gasteiger partial charge < -0.3 is 4.74 Å². The van der Waals surface area contributed by atoms with Gasteiger partial charge in [-0.2, -0.15) is 0 Å². The minimum absolute atomic E-state index is 0.0820. The number of sulfonamides is 1. The molecule has 2 N–H and O–H groups in total. The van der Waals surface area contributed by atoms with Crippen LogP contribution in [0.2, 0.25) is 0 Å². The predicted molar refractivity (Wildman–Crippen MR) is 54.6 cm³/mol. The Morgan fingerprint density at radius 3 is 2.67 bits per heavy atom. The molecule has 0 radical (unpaired) electrons. The molecular weight excluding hydrogens is 221 g/mol. The van der Waals surface area contributed by atoms with Crippen LogP contribution in [0.1, 0.15) is 5.56 Å². The highest BCUT2D eigenvalue weighted by atomic mass is 32.2. The Morgan fingerprint density at radius 2 is 2.13 bits per heavy atom. The quantitative estimate of drug-likeness (QED) is 0.836. The third-order valence-corrected chi connectivity index (χ3v) is 2.52. The van der Waals surface area contributed by atoms with Gasteiger partial charge in [0.25, 0.3) is 0 Å². The average molecular weight is 233 g/mol. The smallest absolute Gasteiger partial charge is 0.212 e. The van der Waals surface area contributed by atoms with Gasteiger partial charge in [-0.05, 0) is 18.6 Å². The third kappa shape index (κ3) is 4.26. The summed E-state index contributed by atoms with van der Waals surface area (Å²) in [5.74, 6) is -0.382. The molecule has 0 saturated heterocycles. The summed E-state index contributed by atoms with van der Waals surface area (Å²) in [5, 5.41) is 4.77. The molecule has 0 amide bonds.